The van der Waals surface area contributed by atoms with E-state index in [0.717, 1.165) is 23.4 Å². The van der Waals surface area contributed by atoms with Gasteiger partial charge >= 0.3 is 0 Å². The largest absolute Gasteiger partial charge is 0.387 e. The zero-order valence-corrected chi connectivity index (χ0v) is 9.84. The van der Waals surface area contributed by atoms with Gasteiger partial charge in [0, 0.05) is 0 Å². The highest BCUT2D eigenvalue weighted by atomic mass is 32.1. The van der Waals surface area contributed by atoms with E-state index >= 15 is 0 Å². The molecule has 0 saturated heterocycles. The van der Waals surface area contributed by atoms with Gasteiger partial charge in [0.2, 0.25) is 0 Å². The Kier molecular flexibility index (Phi) is 4.48. The minimum absolute atomic E-state index is 0.367. The van der Waals surface area contributed by atoms with Gasteiger partial charge in [-0.15, -0.1) is 5.10 Å². The van der Waals surface area contributed by atoms with E-state index in [1.807, 2.05) is 6.92 Å². The maximum Gasteiger partial charge on any atom is 0.0917 e. The molecular weight excluding hydrogens is 196 g/mol. The molecular formula is C10H18N2OS. The number of aliphatic hydroxyl groups is 1. The average molecular weight is 214 g/mol. The van der Waals surface area contributed by atoms with Crippen LogP contribution in [-0.2, 0) is 0 Å². The molecule has 0 radical (unpaired) electrons. The molecule has 0 fully saturated rings. The second-order valence-electron chi connectivity index (χ2n) is 4.06. The van der Waals surface area contributed by atoms with Crippen LogP contribution in [0.3, 0.4) is 0 Å². The fourth-order valence-electron chi connectivity index (χ4n) is 1.39. The van der Waals surface area contributed by atoms with Crippen LogP contribution in [0.1, 0.15) is 49.8 Å². The Bertz CT molecular complexity index is 273. The Hall–Kier alpha value is -0.480. The molecule has 0 bridgehead atoms. The summed E-state index contributed by atoms with van der Waals surface area (Å²) in [6, 6.07) is 0. The SMILES string of the molecule is Cc1nnsc1C(O)CCCC(C)C. The summed E-state index contributed by atoms with van der Waals surface area (Å²) < 4.78 is 3.82. The Morgan fingerprint density at radius 1 is 1.36 bits per heavy atom. The maximum atomic E-state index is 9.83. The predicted molar refractivity (Wildman–Crippen MR) is 58.3 cm³/mol. The minimum atomic E-state index is -0.367. The fraction of sp³-hybridized carbons (Fsp3) is 0.800. The lowest BCUT2D eigenvalue weighted by Crippen LogP contribution is -1.98. The highest BCUT2D eigenvalue weighted by molar-refractivity contribution is 7.05. The van der Waals surface area contributed by atoms with E-state index in [-0.39, 0.29) is 6.10 Å². The first-order valence-electron chi connectivity index (χ1n) is 5.08. The summed E-state index contributed by atoms with van der Waals surface area (Å²) in [7, 11) is 0. The number of rotatable bonds is 5. The molecule has 0 aliphatic rings. The average Bonchev–Trinajstić information content (AvgIpc) is 2.50. The van der Waals surface area contributed by atoms with Gasteiger partial charge < -0.3 is 5.11 Å². The van der Waals surface area contributed by atoms with Crippen LogP contribution in [0.25, 0.3) is 0 Å². The van der Waals surface area contributed by atoms with Crippen LogP contribution < -0.4 is 0 Å². The summed E-state index contributed by atoms with van der Waals surface area (Å²) in [5, 5.41) is 13.7. The quantitative estimate of drug-likeness (QED) is 0.819. The van der Waals surface area contributed by atoms with Crippen molar-refractivity contribution in [2.75, 3.05) is 0 Å². The second-order valence-corrected chi connectivity index (χ2v) is 4.85. The Labute approximate surface area is 89.3 Å². The van der Waals surface area contributed by atoms with Crippen LogP contribution in [0.2, 0.25) is 0 Å². The molecule has 0 aliphatic heterocycles. The van der Waals surface area contributed by atoms with E-state index in [1.165, 1.54) is 18.0 Å². The fourth-order valence-corrected chi connectivity index (χ4v) is 2.06. The molecule has 1 atom stereocenters. The summed E-state index contributed by atoms with van der Waals surface area (Å²) in [4.78, 5) is 0.925. The molecule has 14 heavy (non-hydrogen) atoms. The predicted octanol–water partition coefficient (Wildman–Crippen LogP) is 2.71. The van der Waals surface area contributed by atoms with E-state index in [0.29, 0.717) is 5.92 Å². The summed E-state index contributed by atoms with van der Waals surface area (Å²) in [6.07, 6.45) is 2.69. The monoisotopic (exact) mass is 214 g/mol. The van der Waals surface area contributed by atoms with Gasteiger partial charge in [-0.25, -0.2) is 0 Å². The molecule has 1 N–H and O–H groups in total. The summed E-state index contributed by atoms with van der Waals surface area (Å²) >= 11 is 1.31. The Balaban J connectivity index is 2.36. The maximum absolute atomic E-state index is 9.83. The zero-order chi connectivity index (χ0) is 10.6. The lowest BCUT2D eigenvalue weighted by Gasteiger charge is -2.09. The molecule has 1 rings (SSSR count). The number of nitrogens with zero attached hydrogens (tertiary/aromatic N) is 2. The van der Waals surface area contributed by atoms with Crippen LogP contribution in [0, 0.1) is 12.8 Å². The van der Waals surface area contributed by atoms with Crippen molar-refractivity contribution in [3.05, 3.63) is 10.6 Å². The van der Waals surface area contributed by atoms with Gasteiger partial charge in [0.1, 0.15) is 0 Å². The Morgan fingerprint density at radius 2 is 2.07 bits per heavy atom. The number of hydrogen-bond acceptors (Lipinski definition) is 4. The van der Waals surface area contributed by atoms with Crippen molar-refractivity contribution in [2.24, 2.45) is 5.92 Å². The van der Waals surface area contributed by atoms with Gasteiger partial charge in [-0.1, -0.05) is 31.2 Å². The summed E-state index contributed by atoms with van der Waals surface area (Å²) in [5.41, 5.74) is 0.868. The van der Waals surface area contributed by atoms with Gasteiger partial charge in [-0.05, 0) is 30.8 Å². The van der Waals surface area contributed by atoms with E-state index in [2.05, 4.69) is 23.4 Å². The van der Waals surface area contributed by atoms with Crippen molar-refractivity contribution in [3.63, 3.8) is 0 Å². The summed E-state index contributed by atoms with van der Waals surface area (Å²) in [6.45, 7) is 6.29. The van der Waals surface area contributed by atoms with Crippen LogP contribution in [-0.4, -0.2) is 14.7 Å². The third kappa shape index (κ3) is 3.35. The molecule has 1 aromatic rings. The van der Waals surface area contributed by atoms with E-state index in [4.69, 9.17) is 0 Å². The lowest BCUT2D eigenvalue weighted by molar-refractivity contribution is 0.165. The van der Waals surface area contributed by atoms with Crippen molar-refractivity contribution in [2.45, 2.75) is 46.1 Å². The van der Waals surface area contributed by atoms with E-state index in [1.54, 1.807) is 0 Å². The molecule has 0 aromatic carbocycles. The highest BCUT2D eigenvalue weighted by Crippen LogP contribution is 2.24. The molecule has 4 heteroatoms. The number of aromatic nitrogens is 2. The number of aryl methyl sites for hydroxylation is 1. The van der Waals surface area contributed by atoms with Gasteiger partial charge in [0.05, 0.1) is 16.7 Å². The molecule has 0 saturated carbocycles. The molecule has 1 heterocycles. The normalized spacial score (nSPS) is 13.5. The van der Waals surface area contributed by atoms with Crippen molar-refractivity contribution in [1.82, 2.24) is 9.59 Å². The van der Waals surface area contributed by atoms with Gasteiger partial charge in [-0.3, -0.25) is 0 Å². The smallest absolute Gasteiger partial charge is 0.0917 e. The van der Waals surface area contributed by atoms with E-state index in [9.17, 15) is 5.11 Å². The highest BCUT2D eigenvalue weighted by Gasteiger charge is 2.13. The minimum Gasteiger partial charge on any atom is -0.387 e. The molecule has 1 aromatic heterocycles. The number of aliphatic hydroxyl groups excluding tert-OH is 1. The van der Waals surface area contributed by atoms with Crippen LogP contribution in [0.15, 0.2) is 0 Å². The topological polar surface area (TPSA) is 46.0 Å². The molecule has 80 valence electrons. The molecule has 0 spiro atoms. The van der Waals surface area contributed by atoms with Crippen molar-refractivity contribution < 1.29 is 5.11 Å². The van der Waals surface area contributed by atoms with Crippen LogP contribution in [0.4, 0.5) is 0 Å². The molecule has 0 amide bonds. The van der Waals surface area contributed by atoms with Crippen LogP contribution in [0.5, 0.6) is 0 Å². The van der Waals surface area contributed by atoms with Gasteiger partial charge in [0.15, 0.2) is 0 Å². The first-order chi connectivity index (χ1) is 6.61. The third-order valence-electron chi connectivity index (χ3n) is 2.25. The first-order valence-corrected chi connectivity index (χ1v) is 5.85. The van der Waals surface area contributed by atoms with Gasteiger partial charge in [-0.2, -0.15) is 0 Å². The van der Waals surface area contributed by atoms with E-state index < -0.39 is 0 Å². The third-order valence-corrected chi connectivity index (χ3v) is 3.18. The Morgan fingerprint density at radius 3 is 2.57 bits per heavy atom. The first kappa shape index (κ1) is 11.6. The van der Waals surface area contributed by atoms with Gasteiger partial charge in [0.25, 0.3) is 0 Å². The van der Waals surface area contributed by atoms with Crippen molar-refractivity contribution in [3.8, 4) is 0 Å². The van der Waals surface area contributed by atoms with Crippen molar-refractivity contribution >= 4 is 11.5 Å². The second kappa shape index (κ2) is 5.41. The summed E-state index contributed by atoms with van der Waals surface area (Å²) in [5.74, 6) is 0.711. The van der Waals surface area contributed by atoms with Crippen LogP contribution >= 0.6 is 11.5 Å². The molecule has 3 nitrogen and oxygen atoms in total. The number of hydrogen-bond donors (Lipinski definition) is 1. The van der Waals surface area contributed by atoms with Crippen molar-refractivity contribution in [1.29, 1.82) is 0 Å². The molecule has 1 unspecified atom stereocenters. The lowest BCUT2D eigenvalue weighted by atomic mass is 10.0. The molecule has 0 aliphatic carbocycles. The zero-order valence-electron chi connectivity index (χ0n) is 9.03. The standard InChI is InChI=1S/C10H18N2OS/c1-7(2)5-4-6-9(13)10-8(3)11-12-14-10/h7,9,13H,4-6H2,1-3H3.